The lowest BCUT2D eigenvalue weighted by atomic mass is 10.3. The van der Waals surface area contributed by atoms with Crippen molar-refractivity contribution in [3.8, 4) is 5.75 Å². The first-order valence-electron chi connectivity index (χ1n) is 6.77. The maximum atomic E-state index is 10.8. The standard InChI is InChI=1S/C17H16N2O3/c1-2-17(20)22-13-12-21-16-10-8-15(9-11-16)19-18-14-6-4-3-5-7-14/h2-11H,1,12-13H2. The second kappa shape index (κ2) is 8.36. The molecule has 0 saturated carbocycles. The lowest BCUT2D eigenvalue weighted by molar-refractivity contribution is -0.138. The predicted molar refractivity (Wildman–Crippen MR) is 83.7 cm³/mol. The average molecular weight is 296 g/mol. The van der Waals surface area contributed by atoms with E-state index in [-0.39, 0.29) is 13.2 Å². The van der Waals surface area contributed by atoms with Crippen molar-refractivity contribution < 1.29 is 14.3 Å². The summed E-state index contributed by atoms with van der Waals surface area (Å²) in [6.45, 7) is 3.77. The van der Waals surface area contributed by atoms with Crippen LogP contribution in [0.15, 0.2) is 77.5 Å². The van der Waals surface area contributed by atoms with Crippen molar-refractivity contribution in [3.05, 3.63) is 67.3 Å². The van der Waals surface area contributed by atoms with Gasteiger partial charge in [0.1, 0.15) is 19.0 Å². The summed E-state index contributed by atoms with van der Waals surface area (Å²) < 4.78 is 10.2. The Morgan fingerprint density at radius 1 is 0.955 bits per heavy atom. The SMILES string of the molecule is C=CC(=O)OCCOc1ccc(N=Nc2ccccc2)cc1. The summed E-state index contributed by atoms with van der Waals surface area (Å²) in [6, 6.07) is 16.7. The minimum Gasteiger partial charge on any atom is -0.490 e. The number of carbonyl (C=O) groups is 1. The van der Waals surface area contributed by atoms with E-state index in [9.17, 15) is 4.79 Å². The summed E-state index contributed by atoms with van der Waals surface area (Å²) in [5.41, 5.74) is 1.53. The molecule has 0 aliphatic carbocycles. The van der Waals surface area contributed by atoms with Crippen LogP contribution >= 0.6 is 0 Å². The molecule has 2 rings (SSSR count). The van der Waals surface area contributed by atoms with Crippen LogP contribution in [0, 0.1) is 0 Å². The van der Waals surface area contributed by atoms with Crippen molar-refractivity contribution in [2.24, 2.45) is 10.2 Å². The van der Waals surface area contributed by atoms with Crippen molar-refractivity contribution in [1.82, 2.24) is 0 Å². The van der Waals surface area contributed by atoms with Gasteiger partial charge in [0.05, 0.1) is 11.4 Å². The highest BCUT2D eigenvalue weighted by molar-refractivity contribution is 5.81. The number of ether oxygens (including phenoxy) is 2. The summed E-state index contributed by atoms with van der Waals surface area (Å²) in [5.74, 6) is 0.216. The van der Waals surface area contributed by atoms with E-state index in [0.717, 1.165) is 17.5 Å². The number of azo groups is 1. The molecule has 0 fully saturated rings. The van der Waals surface area contributed by atoms with E-state index in [4.69, 9.17) is 9.47 Å². The fourth-order valence-electron chi connectivity index (χ4n) is 1.58. The molecule has 0 amide bonds. The number of esters is 1. The third kappa shape index (κ3) is 5.20. The molecule has 0 heterocycles. The fraction of sp³-hybridized carbons (Fsp3) is 0.118. The first-order valence-corrected chi connectivity index (χ1v) is 6.77. The van der Waals surface area contributed by atoms with E-state index in [0.29, 0.717) is 5.75 Å². The Morgan fingerprint density at radius 3 is 2.23 bits per heavy atom. The molecule has 0 aliphatic rings. The number of nitrogens with zero attached hydrogens (tertiary/aromatic N) is 2. The van der Waals surface area contributed by atoms with Crippen LogP contribution < -0.4 is 4.74 Å². The highest BCUT2D eigenvalue weighted by Crippen LogP contribution is 2.20. The number of hydrogen-bond donors (Lipinski definition) is 0. The lowest BCUT2D eigenvalue weighted by Gasteiger charge is -2.06. The van der Waals surface area contributed by atoms with Crippen LogP contribution in [0.5, 0.6) is 5.75 Å². The summed E-state index contributed by atoms with van der Waals surface area (Å²) in [5, 5.41) is 8.27. The van der Waals surface area contributed by atoms with Gasteiger partial charge in [0.15, 0.2) is 0 Å². The van der Waals surface area contributed by atoms with Gasteiger partial charge in [-0.15, -0.1) is 0 Å². The van der Waals surface area contributed by atoms with Crippen molar-refractivity contribution in [3.63, 3.8) is 0 Å². The molecule has 0 bridgehead atoms. The van der Waals surface area contributed by atoms with Crippen LogP contribution in [-0.4, -0.2) is 19.2 Å². The smallest absolute Gasteiger partial charge is 0.330 e. The summed E-state index contributed by atoms with van der Waals surface area (Å²) in [6.07, 6.45) is 1.12. The highest BCUT2D eigenvalue weighted by Gasteiger charge is 1.97. The van der Waals surface area contributed by atoms with Gasteiger partial charge < -0.3 is 9.47 Å². The third-order valence-electron chi connectivity index (χ3n) is 2.64. The summed E-state index contributed by atoms with van der Waals surface area (Å²) in [4.78, 5) is 10.8. The fourth-order valence-corrected chi connectivity index (χ4v) is 1.58. The predicted octanol–water partition coefficient (Wildman–Crippen LogP) is 4.21. The molecule has 0 radical (unpaired) electrons. The van der Waals surface area contributed by atoms with Crippen molar-refractivity contribution in [2.45, 2.75) is 0 Å². The molecule has 0 atom stereocenters. The molecule has 22 heavy (non-hydrogen) atoms. The molecule has 2 aromatic rings. The molecule has 5 nitrogen and oxygen atoms in total. The van der Waals surface area contributed by atoms with Crippen molar-refractivity contribution in [1.29, 1.82) is 0 Å². The van der Waals surface area contributed by atoms with Gasteiger partial charge in [-0.05, 0) is 36.4 Å². The van der Waals surface area contributed by atoms with Gasteiger partial charge in [0, 0.05) is 6.08 Å². The minimum atomic E-state index is -0.458. The Kier molecular flexibility index (Phi) is 5.87. The van der Waals surface area contributed by atoms with Gasteiger partial charge in [-0.2, -0.15) is 10.2 Å². The minimum absolute atomic E-state index is 0.181. The van der Waals surface area contributed by atoms with E-state index in [2.05, 4.69) is 16.8 Å². The quantitative estimate of drug-likeness (QED) is 0.333. The van der Waals surface area contributed by atoms with E-state index in [1.54, 1.807) is 24.3 Å². The van der Waals surface area contributed by atoms with E-state index < -0.39 is 5.97 Å². The molecule has 0 N–H and O–H groups in total. The molecular weight excluding hydrogens is 280 g/mol. The van der Waals surface area contributed by atoms with Crippen LogP contribution in [0.2, 0.25) is 0 Å². The second-order valence-electron chi connectivity index (χ2n) is 4.25. The molecule has 2 aromatic carbocycles. The Morgan fingerprint density at radius 2 is 1.59 bits per heavy atom. The number of benzene rings is 2. The summed E-state index contributed by atoms with van der Waals surface area (Å²) >= 11 is 0. The first-order chi connectivity index (χ1) is 10.8. The van der Waals surface area contributed by atoms with Gasteiger partial charge >= 0.3 is 5.97 Å². The van der Waals surface area contributed by atoms with Gasteiger partial charge in [-0.3, -0.25) is 0 Å². The molecule has 0 saturated heterocycles. The third-order valence-corrected chi connectivity index (χ3v) is 2.64. The lowest BCUT2D eigenvalue weighted by Crippen LogP contribution is -2.09. The van der Waals surface area contributed by atoms with Crippen LogP contribution in [0.1, 0.15) is 0 Å². The zero-order valence-corrected chi connectivity index (χ0v) is 12.0. The van der Waals surface area contributed by atoms with Crippen molar-refractivity contribution >= 4 is 17.3 Å². The zero-order valence-electron chi connectivity index (χ0n) is 12.0. The Hall–Kier alpha value is -2.95. The normalized spacial score (nSPS) is 10.4. The second-order valence-corrected chi connectivity index (χ2v) is 4.25. The topological polar surface area (TPSA) is 60.2 Å². The number of hydrogen-bond acceptors (Lipinski definition) is 5. The van der Waals surface area contributed by atoms with Crippen LogP contribution in [0.3, 0.4) is 0 Å². The van der Waals surface area contributed by atoms with Crippen LogP contribution in [0.4, 0.5) is 11.4 Å². The van der Waals surface area contributed by atoms with E-state index >= 15 is 0 Å². The number of carbonyl (C=O) groups excluding carboxylic acids is 1. The van der Waals surface area contributed by atoms with Gasteiger partial charge in [0.2, 0.25) is 0 Å². The van der Waals surface area contributed by atoms with Crippen LogP contribution in [0.25, 0.3) is 0 Å². The molecule has 112 valence electrons. The first kappa shape index (κ1) is 15.4. The summed E-state index contributed by atoms with van der Waals surface area (Å²) in [7, 11) is 0. The Balaban J connectivity index is 1.81. The largest absolute Gasteiger partial charge is 0.490 e. The average Bonchev–Trinajstić information content (AvgIpc) is 2.58. The van der Waals surface area contributed by atoms with E-state index in [1.165, 1.54) is 0 Å². The molecule has 0 unspecified atom stereocenters. The van der Waals surface area contributed by atoms with Gasteiger partial charge in [-0.1, -0.05) is 24.8 Å². The molecule has 5 heteroatoms. The van der Waals surface area contributed by atoms with Crippen molar-refractivity contribution in [2.75, 3.05) is 13.2 Å². The van der Waals surface area contributed by atoms with E-state index in [1.807, 2.05) is 30.3 Å². The molecule has 0 spiro atoms. The van der Waals surface area contributed by atoms with Crippen LogP contribution in [-0.2, 0) is 9.53 Å². The molecule has 0 aromatic heterocycles. The van der Waals surface area contributed by atoms with Gasteiger partial charge in [0.25, 0.3) is 0 Å². The zero-order chi connectivity index (χ0) is 15.6. The Labute approximate surface area is 128 Å². The molecule has 0 aliphatic heterocycles. The highest BCUT2D eigenvalue weighted by atomic mass is 16.6. The maximum absolute atomic E-state index is 10.8. The molecular formula is C17H16N2O3. The Bertz CT molecular complexity index is 637. The number of rotatable bonds is 7. The monoisotopic (exact) mass is 296 g/mol. The van der Waals surface area contributed by atoms with Gasteiger partial charge in [-0.25, -0.2) is 4.79 Å². The maximum Gasteiger partial charge on any atom is 0.330 e.